The van der Waals surface area contributed by atoms with E-state index in [4.69, 9.17) is 17.3 Å². The third kappa shape index (κ3) is 3.93. The number of phenolic OH excluding ortho intramolecular Hbond substituents is 1. The van der Waals surface area contributed by atoms with Gasteiger partial charge in [0, 0.05) is 12.7 Å². The molecule has 0 aliphatic rings. The molecule has 0 bridgehead atoms. The zero-order valence-electron chi connectivity index (χ0n) is 10.2. The number of benzene rings is 1. The number of aromatic hydroxyl groups is 1. The smallest absolute Gasteiger partial charge is 0.252 e. The molecule has 1 heterocycles. The second-order valence-corrected chi connectivity index (χ2v) is 4.55. The van der Waals surface area contributed by atoms with Crippen LogP contribution >= 0.6 is 12.2 Å². The van der Waals surface area contributed by atoms with E-state index >= 15 is 0 Å². The molecule has 0 spiro atoms. The highest BCUT2D eigenvalue weighted by Gasteiger charge is 2.03. The predicted octanol–water partition coefficient (Wildman–Crippen LogP) is 2.42. The van der Waals surface area contributed by atoms with Crippen molar-refractivity contribution in [2.75, 3.05) is 6.54 Å². The van der Waals surface area contributed by atoms with Crippen LogP contribution in [0.5, 0.6) is 5.75 Å². The average molecular weight is 274 g/mol. The molecule has 3 N–H and O–H groups in total. The van der Waals surface area contributed by atoms with Crippen LogP contribution in [0.4, 0.5) is 0 Å². The lowest BCUT2D eigenvalue weighted by Crippen LogP contribution is -2.25. The minimum absolute atomic E-state index is 0.134. The lowest BCUT2D eigenvalue weighted by molar-refractivity contribution is 0.0954. The monoisotopic (exact) mass is 274 g/mol. The number of carbonyl (C=O) groups excluding carboxylic acids is 1. The minimum atomic E-state index is -0.134. The summed E-state index contributed by atoms with van der Waals surface area (Å²) < 4.78 is 0.598. The zero-order valence-corrected chi connectivity index (χ0v) is 11.0. The number of amides is 1. The number of aromatic amines is 1. The first-order valence-electron chi connectivity index (χ1n) is 5.90. The van der Waals surface area contributed by atoms with Gasteiger partial charge in [0.2, 0.25) is 0 Å². The van der Waals surface area contributed by atoms with Crippen LogP contribution in [0.3, 0.4) is 0 Å². The summed E-state index contributed by atoms with van der Waals surface area (Å²) >= 11 is 4.91. The Bertz CT molecular complexity index is 600. The Morgan fingerprint density at radius 1 is 1.21 bits per heavy atom. The van der Waals surface area contributed by atoms with Crippen LogP contribution in [0.15, 0.2) is 42.6 Å². The van der Waals surface area contributed by atoms with Crippen molar-refractivity contribution in [1.29, 1.82) is 0 Å². The molecule has 1 aromatic carbocycles. The van der Waals surface area contributed by atoms with Crippen LogP contribution in [-0.2, 0) is 6.42 Å². The van der Waals surface area contributed by atoms with Crippen LogP contribution < -0.4 is 5.32 Å². The average Bonchev–Trinajstić information content (AvgIpc) is 2.41. The number of aromatic nitrogens is 1. The molecule has 0 saturated carbocycles. The van der Waals surface area contributed by atoms with E-state index < -0.39 is 0 Å². The van der Waals surface area contributed by atoms with Gasteiger partial charge in [-0.3, -0.25) is 4.79 Å². The van der Waals surface area contributed by atoms with Crippen LogP contribution in [0.2, 0.25) is 0 Å². The van der Waals surface area contributed by atoms with E-state index in [9.17, 15) is 4.79 Å². The molecule has 0 fully saturated rings. The van der Waals surface area contributed by atoms with Crippen LogP contribution in [0.25, 0.3) is 0 Å². The number of hydrogen-bond acceptors (Lipinski definition) is 3. The first kappa shape index (κ1) is 13.3. The summed E-state index contributed by atoms with van der Waals surface area (Å²) in [5.74, 6) is 0.109. The first-order valence-corrected chi connectivity index (χ1v) is 6.31. The third-order valence-electron chi connectivity index (χ3n) is 2.68. The number of carbonyl (C=O) groups is 1. The number of nitrogens with one attached hydrogen (secondary N) is 2. The molecule has 0 aliphatic heterocycles. The Labute approximate surface area is 116 Å². The van der Waals surface area contributed by atoms with Gasteiger partial charge in [-0.25, -0.2) is 0 Å². The topological polar surface area (TPSA) is 65.1 Å². The van der Waals surface area contributed by atoms with Gasteiger partial charge in [-0.2, -0.15) is 0 Å². The van der Waals surface area contributed by atoms with Crippen LogP contribution in [0, 0.1) is 4.64 Å². The lowest BCUT2D eigenvalue weighted by Gasteiger charge is -2.05. The molecule has 0 aliphatic carbocycles. The molecule has 1 aromatic heterocycles. The van der Waals surface area contributed by atoms with Gasteiger partial charge in [-0.05, 0) is 36.2 Å². The summed E-state index contributed by atoms with van der Waals surface area (Å²) in [5, 5.41) is 12.0. The van der Waals surface area contributed by atoms with E-state index in [2.05, 4.69) is 10.3 Å². The van der Waals surface area contributed by atoms with Crippen molar-refractivity contribution in [2.24, 2.45) is 0 Å². The summed E-state index contributed by atoms with van der Waals surface area (Å²) in [6.45, 7) is 0.541. The Morgan fingerprint density at radius 2 is 1.95 bits per heavy atom. The number of pyridine rings is 1. The fraction of sp³-hybridized carbons (Fsp3) is 0.143. The van der Waals surface area contributed by atoms with Gasteiger partial charge in [-0.1, -0.05) is 24.4 Å². The van der Waals surface area contributed by atoms with E-state index in [-0.39, 0.29) is 11.7 Å². The van der Waals surface area contributed by atoms with Crippen molar-refractivity contribution in [1.82, 2.24) is 10.3 Å². The van der Waals surface area contributed by atoms with Gasteiger partial charge in [0.1, 0.15) is 10.4 Å². The highest BCUT2D eigenvalue weighted by atomic mass is 32.1. The van der Waals surface area contributed by atoms with Gasteiger partial charge in [-0.15, -0.1) is 0 Å². The van der Waals surface area contributed by atoms with Gasteiger partial charge in [0.05, 0.1) is 5.56 Å². The molecular weight excluding hydrogens is 260 g/mol. The van der Waals surface area contributed by atoms with Gasteiger partial charge in [0.25, 0.3) is 5.91 Å². The molecule has 4 nitrogen and oxygen atoms in total. The van der Waals surface area contributed by atoms with Gasteiger partial charge in [0.15, 0.2) is 0 Å². The lowest BCUT2D eigenvalue weighted by atomic mass is 10.1. The zero-order chi connectivity index (χ0) is 13.7. The van der Waals surface area contributed by atoms with Crippen LogP contribution in [0.1, 0.15) is 15.9 Å². The van der Waals surface area contributed by atoms with E-state index in [1.165, 1.54) is 0 Å². The summed E-state index contributed by atoms with van der Waals surface area (Å²) in [5.41, 5.74) is 1.62. The number of phenols is 1. The first-order chi connectivity index (χ1) is 9.15. The Hall–Kier alpha value is -2.14. The second kappa shape index (κ2) is 6.15. The fourth-order valence-electron chi connectivity index (χ4n) is 1.64. The number of hydrogen-bond donors (Lipinski definition) is 3. The normalized spacial score (nSPS) is 10.1. The maximum Gasteiger partial charge on any atom is 0.252 e. The maximum absolute atomic E-state index is 11.8. The molecule has 0 saturated heterocycles. The summed E-state index contributed by atoms with van der Waals surface area (Å²) in [6.07, 6.45) is 2.31. The Morgan fingerprint density at radius 3 is 2.58 bits per heavy atom. The second-order valence-electron chi connectivity index (χ2n) is 4.11. The summed E-state index contributed by atoms with van der Waals surface area (Å²) in [7, 11) is 0. The van der Waals surface area contributed by atoms with Gasteiger partial charge < -0.3 is 15.4 Å². The van der Waals surface area contributed by atoms with Crippen LogP contribution in [-0.4, -0.2) is 22.5 Å². The summed E-state index contributed by atoms with van der Waals surface area (Å²) in [4.78, 5) is 14.6. The largest absolute Gasteiger partial charge is 0.508 e. The molecule has 2 aromatic rings. The Balaban J connectivity index is 1.85. The van der Waals surface area contributed by atoms with E-state index in [1.54, 1.807) is 30.5 Å². The Kier molecular flexibility index (Phi) is 4.30. The van der Waals surface area contributed by atoms with E-state index in [1.807, 2.05) is 12.1 Å². The molecule has 1 amide bonds. The van der Waals surface area contributed by atoms with E-state index in [0.29, 0.717) is 16.7 Å². The SMILES string of the molecule is O=C(NCCc1ccc(O)cc1)c1ccc(=S)[nH]c1. The molecule has 98 valence electrons. The molecule has 5 heteroatoms. The summed E-state index contributed by atoms with van der Waals surface area (Å²) in [6, 6.07) is 10.3. The number of H-pyrrole nitrogens is 1. The quantitative estimate of drug-likeness (QED) is 0.750. The molecule has 0 unspecified atom stereocenters. The standard InChI is InChI=1S/C14H14N2O2S/c17-12-4-1-10(2-5-12)7-8-15-14(18)11-3-6-13(19)16-9-11/h1-6,9,17H,7-8H2,(H,15,18)(H,16,19). The molecule has 0 atom stereocenters. The van der Waals surface area contributed by atoms with Crippen molar-refractivity contribution < 1.29 is 9.90 Å². The number of rotatable bonds is 4. The van der Waals surface area contributed by atoms with Crippen molar-refractivity contribution >= 4 is 18.1 Å². The van der Waals surface area contributed by atoms with Crippen molar-refractivity contribution in [2.45, 2.75) is 6.42 Å². The maximum atomic E-state index is 11.8. The van der Waals surface area contributed by atoms with E-state index in [0.717, 1.165) is 12.0 Å². The van der Waals surface area contributed by atoms with Crippen molar-refractivity contribution in [3.05, 3.63) is 58.4 Å². The van der Waals surface area contributed by atoms with Crippen molar-refractivity contribution in [3.63, 3.8) is 0 Å². The molecule has 2 rings (SSSR count). The third-order valence-corrected chi connectivity index (χ3v) is 2.94. The highest BCUT2D eigenvalue weighted by molar-refractivity contribution is 7.71. The predicted molar refractivity (Wildman–Crippen MR) is 75.8 cm³/mol. The molecular formula is C14H14N2O2S. The minimum Gasteiger partial charge on any atom is -0.508 e. The molecule has 0 radical (unpaired) electrons. The van der Waals surface area contributed by atoms with Gasteiger partial charge >= 0.3 is 0 Å². The van der Waals surface area contributed by atoms with Crippen molar-refractivity contribution in [3.8, 4) is 5.75 Å². The molecule has 19 heavy (non-hydrogen) atoms. The fourth-order valence-corrected chi connectivity index (χ4v) is 1.76. The highest BCUT2D eigenvalue weighted by Crippen LogP contribution is 2.09.